The number of aliphatic imine (C=N–C) groups is 2. The molecule has 32 heavy (non-hydrogen) atoms. The number of guanidine groups is 1. The van der Waals surface area contributed by atoms with Crippen molar-refractivity contribution in [2.75, 3.05) is 53.5 Å². The van der Waals surface area contributed by atoms with Gasteiger partial charge in [-0.05, 0) is 17.7 Å². The monoisotopic (exact) mass is 441 g/mol. The Bertz CT molecular complexity index is 921. The third kappa shape index (κ3) is 6.61. The van der Waals surface area contributed by atoms with Crippen molar-refractivity contribution in [3.05, 3.63) is 48.3 Å². The zero-order chi connectivity index (χ0) is 22.8. The molecule has 1 amide bonds. The second-order valence-corrected chi connectivity index (χ2v) is 7.27. The highest BCUT2D eigenvalue weighted by Gasteiger charge is 2.17. The number of morpholine rings is 1. The molecular weight excluding hydrogens is 410 g/mol. The highest BCUT2D eigenvalue weighted by molar-refractivity contribution is 6.38. The molecule has 1 aliphatic rings. The van der Waals surface area contributed by atoms with Gasteiger partial charge in [-0.3, -0.25) is 15.1 Å². The van der Waals surface area contributed by atoms with Crippen molar-refractivity contribution in [2.24, 2.45) is 15.7 Å². The van der Waals surface area contributed by atoms with Crippen LogP contribution in [0.15, 0.2) is 52.7 Å². The summed E-state index contributed by atoms with van der Waals surface area (Å²) in [5.74, 6) is -0.257. The molecule has 0 bridgehead atoms. The Morgan fingerprint density at radius 2 is 2.06 bits per heavy atom. The maximum Gasteiger partial charge on any atom is 0.288 e. The van der Waals surface area contributed by atoms with Crippen molar-refractivity contribution in [1.82, 2.24) is 30.4 Å². The van der Waals surface area contributed by atoms with Crippen LogP contribution in [-0.4, -0.2) is 90.8 Å². The number of hydrogen-bond acceptors (Lipinski definition) is 6. The SMILES string of the molecule is CNNC(=NCc1ccccc1-n1cccn1)N=C(N)C(=O)N(C)CCN1CCOCC1. The number of aromatic nitrogens is 2. The molecule has 11 nitrogen and oxygen atoms in total. The number of benzene rings is 1. The van der Waals surface area contributed by atoms with E-state index in [9.17, 15) is 4.79 Å². The molecule has 0 aliphatic carbocycles. The molecular formula is C21H31N9O2. The highest BCUT2D eigenvalue weighted by Crippen LogP contribution is 2.14. The van der Waals surface area contributed by atoms with Gasteiger partial charge in [0.25, 0.3) is 5.91 Å². The fourth-order valence-electron chi connectivity index (χ4n) is 3.23. The lowest BCUT2D eigenvalue weighted by Crippen LogP contribution is -2.45. The van der Waals surface area contributed by atoms with Crippen LogP contribution in [0.1, 0.15) is 5.56 Å². The zero-order valence-corrected chi connectivity index (χ0v) is 18.6. The van der Waals surface area contributed by atoms with Gasteiger partial charge in [0.15, 0.2) is 5.84 Å². The van der Waals surface area contributed by atoms with Crippen LogP contribution in [0.25, 0.3) is 5.69 Å². The number of nitrogens with one attached hydrogen (secondary N) is 2. The second kappa shape index (κ2) is 11.9. The number of hydrogen-bond donors (Lipinski definition) is 3. The molecule has 11 heteroatoms. The predicted molar refractivity (Wildman–Crippen MR) is 123 cm³/mol. The molecule has 2 aromatic rings. The highest BCUT2D eigenvalue weighted by atomic mass is 16.5. The average Bonchev–Trinajstić information content (AvgIpc) is 3.36. The number of nitrogens with zero attached hydrogens (tertiary/aromatic N) is 6. The van der Waals surface area contributed by atoms with E-state index in [1.807, 2.05) is 36.5 Å². The Morgan fingerprint density at radius 3 is 2.78 bits per heavy atom. The number of amides is 1. The molecule has 3 rings (SSSR count). The van der Waals surface area contributed by atoms with Crippen LogP contribution >= 0.6 is 0 Å². The topological polar surface area (TPSA) is 125 Å². The summed E-state index contributed by atoms with van der Waals surface area (Å²) in [5, 5.41) is 4.28. The molecule has 0 radical (unpaired) electrons. The number of amidine groups is 1. The van der Waals surface area contributed by atoms with Crippen LogP contribution < -0.4 is 16.6 Å². The van der Waals surface area contributed by atoms with E-state index in [-0.39, 0.29) is 17.7 Å². The van der Waals surface area contributed by atoms with Crippen LogP contribution in [0, 0.1) is 0 Å². The van der Waals surface area contributed by atoms with E-state index >= 15 is 0 Å². The maximum absolute atomic E-state index is 12.7. The van der Waals surface area contributed by atoms with Crippen LogP contribution in [0.3, 0.4) is 0 Å². The minimum Gasteiger partial charge on any atom is -0.379 e. The molecule has 172 valence electrons. The van der Waals surface area contributed by atoms with E-state index in [1.165, 1.54) is 0 Å². The van der Waals surface area contributed by atoms with Crippen molar-refractivity contribution in [3.8, 4) is 5.69 Å². The van der Waals surface area contributed by atoms with Gasteiger partial charge in [0.05, 0.1) is 25.4 Å². The second-order valence-electron chi connectivity index (χ2n) is 7.27. The Morgan fingerprint density at radius 1 is 1.28 bits per heavy atom. The first-order valence-corrected chi connectivity index (χ1v) is 10.5. The summed E-state index contributed by atoms with van der Waals surface area (Å²) in [7, 11) is 3.41. The lowest BCUT2D eigenvalue weighted by atomic mass is 10.2. The Balaban J connectivity index is 1.65. The minimum atomic E-state index is -0.346. The van der Waals surface area contributed by atoms with Gasteiger partial charge >= 0.3 is 0 Å². The molecule has 0 unspecified atom stereocenters. The van der Waals surface area contributed by atoms with Crippen molar-refractivity contribution in [1.29, 1.82) is 0 Å². The molecule has 1 aliphatic heterocycles. The van der Waals surface area contributed by atoms with Crippen LogP contribution in [0.4, 0.5) is 0 Å². The molecule has 0 spiro atoms. The summed E-state index contributed by atoms with van der Waals surface area (Å²) in [5.41, 5.74) is 13.5. The molecule has 1 aromatic heterocycles. The summed E-state index contributed by atoms with van der Waals surface area (Å²) in [6.07, 6.45) is 3.59. The van der Waals surface area contributed by atoms with Gasteiger partial charge in [-0.15, -0.1) is 0 Å². The number of nitrogens with two attached hydrogens (primary N) is 1. The number of carbonyl (C=O) groups is 1. The molecule has 1 fully saturated rings. The van der Waals surface area contributed by atoms with E-state index in [4.69, 9.17) is 10.5 Å². The molecule has 4 N–H and O–H groups in total. The Labute approximate surface area is 187 Å². The van der Waals surface area contributed by atoms with Crippen molar-refractivity contribution in [2.45, 2.75) is 6.54 Å². The first-order chi connectivity index (χ1) is 15.6. The number of ether oxygens (including phenoxy) is 1. The average molecular weight is 442 g/mol. The smallest absolute Gasteiger partial charge is 0.288 e. The van der Waals surface area contributed by atoms with Gasteiger partial charge in [0.1, 0.15) is 0 Å². The number of rotatable bonds is 7. The first kappa shape index (κ1) is 23.4. The largest absolute Gasteiger partial charge is 0.379 e. The summed E-state index contributed by atoms with van der Waals surface area (Å²) >= 11 is 0. The normalized spacial score (nSPS) is 15.6. The lowest BCUT2D eigenvalue weighted by molar-refractivity contribution is -0.123. The van der Waals surface area contributed by atoms with Gasteiger partial charge in [-0.2, -0.15) is 10.1 Å². The fraction of sp³-hybridized carbons (Fsp3) is 0.429. The van der Waals surface area contributed by atoms with Crippen molar-refractivity contribution in [3.63, 3.8) is 0 Å². The standard InChI is InChI=1S/C21H31N9O2/c1-23-27-21(24-16-17-6-3-4-7-18(17)30-9-5-8-25-30)26-19(22)20(31)28(2)10-11-29-12-14-32-15-13-29/h3-9,23H,10-16H2,1-2H3,(H3,22,24,26,27). The summed E-state index contributed by atoms with van der Waals surface area (Å²) < 4.78 is 7.13. The van der Waals surface area contributed by atoms with E-state index in [1.54, 1.807) is 29.9 Å². The van der Waals surface area contributed by atoms with Gasteiger partial charge < -0.3 is 15.4 Å². The summed E-state index contributed by atoms with van der Waals surface area (Å²) in [4.78, 5) is 25.2. The van der Waals surface area contributed by atoms with Crippen LogP contribution in [-0.2, 0) is 16.1 Å². The van der Waals surface area contributed by atoms with E-state index in [0.717, 1.165) is 44.1 Å². The van der Waals surface area contributed by atoms with Gasteiger partial charge in [-0.1, -0.05) is 18.2 Å². The van der Waals surface area contributed by atoms with Crippen LogP contribution in [0.2, 0.25) is 0 Å². The first-order valence-electron chi connectivity index (χ1n) is 10.5. The number of likely N-dealkylation sites (N-methyl/N-ethyl adjacent to an activating group) is 1. The number of para-hydroxylation sites is 1. The third-order valence-corrected chi connectivity index (χ3v) is 5.03. The van der Waals surface area contributed by atoms with E-state index < -0.39 is 0 Å². The fourth-order valence-corrected chi connectivity index (χ4v) is 3.23. The van der Waals surface area contributed by atoms with Gasteiger partial charge in [-0.25, -0.2) is 15.1 Å². The Hall–Kier alpha value is -3.28. The summed E-state index contributed by atoms with van der Waals surface area (Å²) in [6.45, 7) is 4.83. The minimum absolute atomic E-state index is 0.128. The van der Waals surface area contributed by atoms with E-state index in [2.05, 4.69) is 30.8 Å². The summed E-state index contributed by atoms with van der Waals surface area (Å²) in [6, 6.07) is 9.68. The molecule has 1 saturated heterocycles. The Kier molecular flexibility index (Phi) is 8.72. The van der Waals surface area contributed by atoms with Gasteiger partial charge in [0.2, 0.25) is 5.96 Å². The maximum atomic E-state index is 12.7. The van der Waals surface area contributed by atoms with Crippen LogP contribution in [0.5, 0.6) is 0 Å². The van der Waals surface area contributed by atoms with Crippen molar-refractivity contribution >= 4 is 17.7 Å². The molecule has 2 heterocycles. The number of hydrazine groups is 1. The van der Waals surface area contributed by atoms with Crippen molar-refractivity contribution < 1.29 is 9.53 Å². The number of carbonyl (C=O) groups excluding carboxylic acids is 1. The quantitative estimate of drug-likeness (QED) is 0.303. The molecule has 1 aromatic carbocycles. The zero-order valence-electron chi connectivity index (χ0n) is 18.6. The van der Waals surface area contributed by atoms with Gasteiger partial charge in [0, 0.05) is 52.7 Å². The predicted octanol–water partition coefficient (Wildman–Crippen LogP) is -0.400. The molecule has 0 saturated carbocycles. The van der Waals surface area contributed by atoms with E-state index in [0.29, 0.717) is 13.1 Å². The molecule has 0 atom stereocenters. The third-order valence-electron chi connectivity index (χ3n) is 5.03. The lowest BCUT2D eigenvalue weighted by Gasteiger charge is -2.28.